The standard InChI is InChI=1S/C14H8ClF3N2O/c15-10-6-12-11(19-7-20-12)5-9(10)8-3-1-2-4-13(8)21-14(16,17)18/h1-7H,(H,19,20). The van der Waals surface area contributed by atoms with Crippen molar-refractivity contribution in [2.45, 2.75) is 6.36 Å². The molecule has 3 nitrogen and oxygen atoms in total. The van der Waals surface area contributed by atoms with E-state index >= 15 is 0 Å². The molecule has 0 spiro atoms. The first-order valence-corrected chi connectivity index (χ1v) is 6.29. The molecule has 0 aliphatic heterocycles. The molecule has 0 bridgehead atoms. The van der Waals surface area contributed by atoms with Crippen molar-refractivity contribution in [3.05, 3.63) is 47.7 Å². The third-order valence-corrected chi connectivity index (χ3v) is 3.22. The van der Waals surface area contributed by atoms with Crippen LogP contribution in [0.5, 0.6) is 5.75 Å². The molecule has 1 aromatic heterocycles. The first-order valence-electron chi connectivity index (χ1n) is 5.92. The lowest BCUT2D eigenvalue weighted by Crippen LogP contribution is -2.17. The first kappa shape index (κ1) is 13.8. The lowest BCUT2D eigenvalue weighted by Gasteiger charge is -2.14. The molecule has 0 fully saturated rings. The van der Waals surface area contributed by atoms with Crippen molar-refractivity contribution in [3.63, 3.8) is 0 Å². The van der Waals surface area contributed by atoms with Crippen molar-refractivity contribution in [2.24, 2.45) is 0 Å². The van der Waals surface area contributed by atoms with E-state index in [9.17, 15) is 13.2 Å². The molecule has 0 unspecified atom stereocenters. The molecule has 0 saturated carbocycles. The van der Waals surface area contributed by atoms with Crippen LogP contribution in [0.1, 0.15) is 0 Å². The summed E-state index contributed by atoms with van der Waals surface area (Å²) in [6, 6.07) is 9.07. The number of fused-ring (bicyclic) bond motifs is 1. The second-order valence-corrected chi connectivity index (χ2v) is 4.70. The summed E-state index contributed by atoms with van der Waals surface area (Å²) in [4.78, 5) is 6.96. The number of alkyl halides is 3. The van der Waals surface area contributed by atoms with Crippen molar-refractivity contribution in [3.8, 4) is 16.9 Å². The Bertz CT molecular complexity index is 798. The molecule has 3 rings (SSSR count). The molecular weight excluding hydrogens is 305 g/mol. The first-order chi connectivity index (χ1) is 9.94. The summed E-state index contributed by atoms with van der Waals surface area (Å²) in [6.45, 7) is 0. The molecule has 0 amide bonds. The van der Waals surface area contributed by atoms with Crippen LogP contribution >= 0.6 is 11.6 Å². The smallest absolute Gasteiger partial charge is 0.405 e. The van der Waals surface area contributed by atoms with Crippen LogP contribution in [0.15, 0.2) is 42.7 Å². The SMILES string of the molecule is FC(F)(F)Oc1ccccc1-c1cc2nc[nH]c2cc1Cl. The van der Waals surface area contributed by atoms with Gasteiger partial charge in [0.05, 0.1) is 22.4 Å². The molecule has 7 heteroatoms. The highest BCUT2D eigenvalue weighted by atomic mass is 35.5. The maximum atomic E-state index is 12.5. The molecule has 0 radical (unpaired) electrons. The maximum absolute atomic E-state index is 12.5. The normalized spacial score (nSPS) is 11.8. The Kier molecular flexibility index (Phi) is 3.25. The van der Waals surface area contributed by atoms with Crippen LogP contribution in [0.3, 0.4) is 0 Å². The second kappa shape index (κ2) is 4.96. The predicted octanol–water partition coefficient (Wildman–Crippen LogP) is 4.78. The summed E-state index contributed by atoms with van der Waals surface area (Å²) in [5, 5.41) is 0.310. The van der Waals surface area contributed by atoms with Gasteiger partial charge in [-0.1, -0.05) is 29.8 Å². The molecule has 108 valence electrons. The van der Waals surface area contributed by atoms with Gasteiger partial charge in [-0.15, -0.1) is 13.2 Å². The monoisotopic (exact) mass is 312 g/mol. The minimum absolute atomic E-state index is 0.254. The number of imidazole rings is 1. The van der Waals surface area contributed by atoms with Crippen molar-refractivity contribution < 1.29 is 17.9 Å². The lowest BCUT2D eigenvalue weighted by molar-refractivity contribution is -0.274. The molecule has 0 atom stereocenters. The Hall–Kier alpha value is -2.21. The number of hydrogen-bond acceptors (Lipinski definition) is 2. The number of hydrogen-bond donors (Lipinski definition) is 1. The quantitative estimate of drug-likeness (QED) is 0.739. The Morgan fingerprint density at radius 1 is 1.10 bits per heavy atom. The molecule has 3 aromatic rings. The molecule has 1 heterocycles. The zero-order chi connectivity index (χ0) is 15.0. The zero-order valence-corrected chi connectivity index (χ0v) is 11.2. The summed E-state index contributed by atoms with van der Waals surface area (Å²) in [5.74, 6) is -0.304. The molecular formula is C14H8ClF3N2O. The third kappa shape index (κ3) is 2.80. The van der Waals surface area contributed by atoms with Crippen LogP contribution in [0, 0.1) is 0 Å². The highest BCUT2D eigenvalue weighted by molar-refractivity contribution is 6.34. The number of H-pyrrole nitrogens is 1. The van der Waals surface area contributed by atoms with Gasteiger partial charge in [-0.05, 0) is 18.2 Å². The number of rotatable bonds is 2. The van der Waals surface area contributed by atoms with Crippen molar-refractivity contribution in [2.75, 3.05) is 0 Å². The van der Waals surface area contributed by atoms with E-state index in [2.05, 4.69) is 14.7 Å². The fourth-order valence-corrected chi connectivity index (χ4v) is 2.33. The van der Waals surface area contributed by atoms with Gasteiger partial charge in [-0.2, -0.15) is 0 Å². The van der Waals surface area contributed by atoms with Gasteiger partial charge < -0.3 is 9.72 Å². The average Bonchev–Trinajstić information content (AvgIpc) is 2.84. The molecule has 1 N–H and O–H groups in total. The average molecular weight is 313 g/mol. The van der Waals surface area contributed by atoms with Crippen molar-refractivity contribution >= 4 is 22.6 Å². The third-order valence-electron chi connectivity index (χ3n) is 2.91. The number of halogens is 4. The van der Waals surface area contributed by atoms with Gasteiger partial charge in [0.2, 0.25) is 0 Å². The number of aromatic nitrogens is 2. The lowest BCUT2D eigenvalue weighted by atomic mass is 10.0. The fourth-order valence-electron chi connectivity index (χ4n) is 2.06. The number of benzene rings is 2. The van der Waals surface area contributed by atoms with Crippen LogP contribution in [-0.2, 0) is 0 Å². The van der Waals surface area contributed by atoms with Crippen LogP contribution in [-0.4, -0.2) is 16.3 Å². The second-order valence-electron chi connectivity index (χ2n) is 4.30. The molecule has 2 aromatic carbocycles. The van der Waals surface area contributed by atoms with E-state index in [1.54, 1.807) is 18.2 Å². The summed E-state index contributed by atoms with van der Waals surface area (Å²) in [5.41, 5.74) is 2.00. The van der Waals surface area contributed by atoms with Gasteiger partial charge in [0.15, 0.2) is 0 Å². The highest BCUT2D eigenvalue weighted by Crippen LogP contribution is 2.38. The number of nitrogens with zero attached hydrogens (tertiary/aromatic N) is 1. The number of ether oxygens (including phenoxy) is 1. The summed E-state index contributed by atoms with van der Waals surface area (Å²) in [6.07, 6.45) is -3.28. The minimum Gasteiger partial charge on any atom is -0.405 e. The minimum atomic E-state index is -4.76. The largest absolute Gasteiger partial charge is 0.573 e. The Balaban J connectivity index is 2.16. The van der Waals surface area contributed by atoms with Gasteiger partial charge in [0, 0.05) is 11.1 Å². The molecule has 0 aliphatic rings. The van der Waals surface area contributed by atoms with E-state index in [1.807, 2.05) is 0 Å². The van der Waals surface area contributed by atoms with Gasteiger partial charge >= 0.3 is 6.36 Å². The number of para-hydroxylation sites is 1. The maximum Gasteiger partial charge on any atom is 0.573 e. The summed E-state index contributed by atoms with van der Waals surface area (Å²) < 4.78 is 41.5. The van der Waals surface area contributed by atoms with Gasteiger partial charge in [-0.3, -0.25) is 0 Å². The van der Waals surface area contributed by atoms with Crippen LogP contribution in [0.25, 0.3) is 22.2 Å². The van der Waals surface area contributed by atoms with Gasteiger partial charge in [0.25, 0.3) is 0 Å². The van der Waals surface area contributed by atoms with Gasteiger partial charge in [-0.25, -0.2) is 4.98 Å². The number of aromatic amines is 1. The summed E-state index contributed by atoms with van der Waals surface area (Å²) >= 11 is 6.15. The Morgan fingerprint density at radius 2 is 1.86 bits per heavy atom. The molecule has 0 aliphatic carbocycles. The van der Waals surface area contributed by atoms with E-state index in [0.717, 1.165) is 0 Å². The molecule has 0 saturated heterocycles. The Morgan fingerprint density at radius 3 is 2.62 bits per heavy atom. The predicted molar refractivity (Wildman–Crippen MR) is 73.2 cm³/mol. The van der Waals surface area contributed by atoms with E-state index in [4.69, 9.17) is 11.6 Å². The van der Waals surface area contributed by atoms with Crippen molar-refractivity contribution in [1.82, 2.24) is 9.97 Å². The Labute approximate surface area is 122 Å². The van der Waals surface area contributed by atoms with E-state index < -0.39 is 6.36 Å². The van der Waals surface area contributed by atoms with Gasteiger partial charge in [0.1, 0.15) is 5.75 Å². The van der Waals surface area contributed by atoms with E-state index in [0.29, 0.717) is 21.6 Å². The zero-order valence-electron chi connectivity index (χ0n) is 10.4. The fraction of sp³-hybridized carbons (Fsp3) is 0.0714. The topological polar surface area (TPSA) is 37.9 Å². The van der Waals surface area contributed by atoms with Crippen LogP contribution in [0.2, 0.25) is 5.02 Å². The van der Waals surface area contributed by atoms with E-state index in [1.165, 1.54) is 24.5 Å². The number of nitrogens with one attached hydrogen (secondary N) is 1. The van der Waals surface area contributed by atoms with Crippen LogP contribution < -0.4 is 4.74 Å². The van der Waals surface area contributed by atoms with E-state index in [-0.39, 0.29) is 11.3 Å². The highest BCUT2D eigenvalue weighted by Gasteiger charge is 2.32. The molecule has 21 heavy (non-hydrogen) atoms. The summed E-state index contributed by atoms with van der Waals surface area (Å²) in [7, 11) is 0. The van der Waals surface area contributed by atoms with Crippen molar-refractivity contribution in [1.29, 1.82) is 0 Å². The van der Waals surface area contributed by atoms with Crippen LogP contribution in [0.4, 0.5) is 13.2 Å².